The van der Waals surface area contributed by atoms with E-state index in [0.717, 1.165) is 29.8 Å². The molecule has 6 heteroatoms. The summed E-state index contributed by atoms with van der Waals surface area (Å²) < 4.78 is 0. The summed E-state index contributed by atoms with van der Waals surface area (Å²) in [6, 6.07) is 11.4. The van der Waals surface area contributed by atoms with E-state index in [9.17, 15) is 0 Å². The third kappa shape index (κ3) is 3.15. The fourth-order valence-corrected chi connectivity index (χ4v) is 3.67. The number of halogens is 2. The van der Waals surface area contributed by atoms with Crippen LogP contribution < -0.4 is 0 Å². The van der Waals surface area contributed by atoms with E-state index < -0.39 is 0 Å². The number of benzene rings is 2. The van der Waals surface area contributed by atoms with Gasteiger partial charge in [0, 0.05) is 34.6 Å². The Balaban J connectivity index is 2.11. The molecule has 4 nitrogen and oxygen atoms in total. The van der Waals surface area contributed by atoms with Crippen LogP contribution in [0.3, 0.4) is 0 Å². The molecule has 2 N–H and O–H groups in total. The average molecular weight is 347 g/mol. The summed E-state index contributed by atoms with van der Waals surface area (Å²) in [7, 11) is 2.06. The maximum atomic E-state index is 7.74. The number of hydrogen-bond acceptors (Lipinski definition) is 3. The molecule has 0 radical (unpaired) electrons. The van der Waals surface area contributed by atoms with Gasteiger partial charge in [0.2, 0.25) is 0 Å². The zero-order chi connectivity index (χ0) is 16.6. The summed E-state index contributed by atoms with van der Waals surface area (Å²) in [4.78, 5) is 2.22. The number of likely N-dealkylation sites (N-methyl/N-ethyl adjacent to an activating group) is 1. The Morgan fingerprint density at radius 1 is 1.26 bits per heavy atom. The molecule has 0 aromatic heterocycles. The lowest BCUT2D eigenvalue weighted by molar-refractivity contribution is 0.295. The lowest BCUT2D eigenvalue weighted by Crippen LogP contribution is -2.31. The van der Waals surface area contributed by atoms with Crippen LogP contribution in [0.15, 0.2) is 41.5 Å². The highest BCUT2D eigenvalue weighted by molar-refractivity contribution is 6.35. The number of nitrogens with one attached hydrogen (secondary N) is 2. The van der Waals surface area contributed by atoms with Gasteiger partial charge in [0.25, 0.3) is 0 Å². The predicted molar refractivity (Wildman–Crippen MR) is 93.1 cm³/mol. The van der Waals surface area contributed by atoms with E-state index in [1.165, 1.54) is 0 Å². The molecule has 0 saturated heterocycles. The van der Waals surface area contributed by atoms with Crippen molar-refractivity contribution in [3.05, 3.63) is 68.7 Å². The van der Waals surface area contributed by atoms with Gasteiger partial charge in [-0.25, -0.2) is 5.53 Å². The second-order valence-corrected chi connectivity index (χ2v) is 6.63. The summed E-state index contributed by atoms with van der Waals surface area (Å²) in [5.74, 6) is 0.0822. The molecule has 23 heavy (non-hydrogen) atoms. The molecule has 1 heterocycles. The molecule has 0 amide bonds. The van der Waals surface area contributed by atoms with Crippen LogP contribution >= 0.6 is 23.2 Å². The normalized spacial score (nSPS) is 17.6. The number of rotatable bonds is 2. The van der Waals surface area contributed by atoms with Crippen LogP contribution in [0.5, 0.6) is 0 Å². The van der Waals surface area contributed by atoms with Crippen LogP contribution in [0.4, 0.5) is 0 Å². The fourth-order valence-electron chi connectivity index (χ4n) is 3.10. The molecule has 0 unspecified atom stereocenters. The lowest BCUT2D eigenvalue weighted by atomic mass is 9.84. The highest BCUT2D eigenvalue weighted by Gasteiger charge is 2.27. The van der Waals surface area contributed by atoms with Crippen LogP contribution in [0, 0.1) is 10.9 Å². The van der Waals surface area contributed by atoms with E-state index in [-0.39, 0.29) is 11.8 Å². The van der Waals surface area contributed by atoms with Gasteiger partial charge in [-0.2, -0.15) is 0 Å². The Morgan fingerprint density at radius 2 is 2.04 bits per heavy atom. The Morgan fingerprint density at radius 3 is 2.78 bits per heavy atom. The van der Waals surface area contributed by atoms with Crippen LogP contribution in [-0.4, -0.2) is 24.3 Å². The van der Waals surface area contributed by atoms with Crippen molar-refractivity contribution in [1.82, 2.24) is 4.90 Å². The highest BCUT2D eigenvalue weighted by atomic mass is 35.5. The second-order valence-electron chi connectivity index (χ2n) is 5.79. The van der Waals surface area contributed by atoms with E-state index in [0.29, 0.717) is 15.6 Å². The van der Waals surface area contributed by atoms with Crippen molar-refractivity contribution in [1.29, 1.82) is 10.9 Å². The molecule has 0 fully saturated rings. The van der Waals surface area contributed by atoms with E-state index >= 15 is 0 Å². The van der Waals surface area contributed by atoms with E-state index in [4.69, 9.17) is 34.1 Å². The topological polar surface area (TPSA) is 63.3 Å². The molecule has 0 saturated carbocycles. The molecule has 118 valence electrons. The van der Waals surface area contributed by atoms with Gasteiger partial charge in [-0.15, -0.1) is 5.11 Å². The Labute approximate surface area is 145 Å². The third-order valence-corrected chi connectivity index (χ3v) is 4.72. The molecular weight excluding hydrogens is 331 g/mol. The molecule has 1 aliphatic heterocycles. The largest absolute Gasteiger partial charge is 0.301 e. The van der Waals surface area contributed by atoms with E-state index in [2.05, 4.69) is 17.1 Å². The van der Waals surface area contributed by atoms with Gasteiger partial charge in [-0.1, -0.05) is 41.4 Å². The van der Waals surface area contributed by atoms with Gasteiger partial charge in [-0.3, -0.25) is 5.41 Å². The first-order valence-electron chi connectivity index (χ1n) is 7.22. The summed E-state index contributed by atoms with van der Waals surface area (Å²) in [5, 5.41) is 12.3. The molecular formula is C17H16Cl2N4. The molecule has 3 rings (SSSR count). The molecule has 0 bridgehead atoms. The van der Waals surface area contributed by atoms with Crippen molar-refractivity contribution in [3.63, 3.8) is 0 Å². The third-order valence-electron chi connectivity index (χ3n) is 4.17. The summed E-state index contributed by atoms with van der Waals surface area (Å²) in [6.45, 7) is 1.64. The fraction of sp³-hybridized carbons (Fsp3) is 0.235. The number of amidine groups is 1. The maximum absolute atomic E-state index is 7.74. The molecule has 0 aliphatic carbocycles. The van der Waals surface area contributed by atoms with Crippen molar-refractivity contribution in [3.8, 4) is 0 Å². The summed E-state index contributed by atoms with van der Waals surface area (Å²) in [6.07, 6.45) is 0. The SMILES string of the molecule is CN1Cc2c(Cl)cc(Cl)cc2[C@H](c2cccc(C(=N)N=N)c2)C1. The standard InChI is InChI=1S/C17H16Cl2N4/c1-23-8-14(10-3-2-4-11(5-10)17(20)22-21)13-6-12(18)7-16(19)15(13)9-23/h2-7,14,20-21H,8-9H2,1H3/t14-/m0/s1. The smallest absolute Gasteiger partial charge is 0.173 e. The number of fused-ring (bicyclic) bond motifs is 1. The van der Waals surface area contributed by atoms with Gasteiger partial charge in [0.15, 0.2) is 5.84 Å². The molecule has 2 aromatic carbocycles. The summed E-state index contributed by atoms with van der Waals surface area (Å²) >= 11 is 12.6. The van der Waals surface area contributed by atoms with Gasteiger partial charge < -0.3 is 4.90 Å². The first kappa shape index (κ1) is 16.1. The van der Waals surface area contributed by atoms with Crippen molar-refractivity contribution in [2.45, 2.75) is 12.5 Å². The van der Waals surface area contributed by atoms with Crippen molar-refractivity contribution in [2.75, 3.05) is 13.6 Å². The predicted octanol–water partition coefficient (Wildman–Crippen LogP) is 4.93. The second kappa shape index (κ2) is 6.40. The number of hydrogen-bond donors (Lipinski definition) is 2. The number of nitrogens with zero attached hydrogens (tertiary/aromatic N) is 2. The monoisotopic (exact) mass is 346 g/mol. The van der Waals surface area contributed by atoms with Crippen molar-refractivity contribution < 1.29 is 0 Å². The zero-order valence-corrected chi connectivity index (χ0v) is 14.1. The Bertz CT molecular complexity index is 788. The molecule has 2 aromatic rings. The van der Waals surface area contributed by atoms with Gasteiger partial charge in [0.05, 0.1) is 0 Å². The maximum Gasteiger partial charge on any atom is 0.173 e. The van der Waals surface area contributed by atoms with E-state index in [1.807, 2.05) is 24.3 Å². The van der Waals surface area contributed by atoms with Crippen LogP contribution in [-0.2, 0) is 6.54 Å². The summed E-state index contributed by atoms with van der Waals surface area (Å²) in [5.41, 5.74) is 11.0. The van der Waals surface area contributed by atoms with E-state index in [1.54, 1.807) is 12.1 Å². The van der Waals surface area contributed by atoms with Crippen LogP contribution in [0.2, 0.25) is 10.0 Å². The Kier molecular flexibility index (Phi) is 4.48. The Hall–Kier alpha value is -1.75. The van der Waals surface area contributed by atoms with Gasteiger partial charge in [-0.05, 0) is 41.9 Å². The minimum Gasteiger partial charge on any atom is -0.301 e. The van der Waals surface area contributed by atoms with Gasteiger partial charge in [0.1, 0.15) is 0 Å². The minimum atomic E-state index is -0.0413. The molecule has 1 aliphatic rings. The van der Waals surface area contributed by atoms with Gasteiger partial charge >= 0.3 is 0 Å². The first-order chi connectivity index (χ1) is 11.0. The quantitative estimate of drug-likeness (QED) is 0.452. The molecule has 0 spiro atoms. The lowest BCUT2D eigenvalue weighted by Gasteiger charge is -2.33. The van der Waals surface area contributed by atoms with Crippen molar-refractivity contribution >= 4 is 29.0 Å². The highest BCUT2D eigenvalue weighted by Crippen LogP contribution is 2.38. The first-order valence-corrected chi connectivity index (χ1v) is 7.98. The average Bonchev–Trinajstić information content (AvgIpc) is 2.54. The minimum absolute atomic E-state index is 0.0413. The molecule has 1 atom stereocenters. The van der Waals surface area contributed by atoms with Crippen LogP contribution in [0.25, 0.3) is 0 Å². The van der Waals surface area contributed by atoms with Crippen molar-refractivity contribution in [2.24, 2.45) is 5.11 Å². The zero-order valence-electron chi connectivity index (χ0n) is 12.6. The van der Waals surface area contributed by atoms with Crippen LogP contribution in [0.1, 0.15) is 28.2 Å².